The van der Waals surface area contributed by atoms with E-state index in [4.69, 9.17) is 12.8 Å². The molecule has 0 atom stereocenters. The van der Waals surface area contributed by atoms with Crippen LogP contribution in [0.4, 0.5) is 0 Å². The summed E-state index contributed by atoms with van der Waals surface area (Å²) >= 11 is 0. The Morgan fingerprint density at radius 1 is 1.30 bits per heavy atom. The van der Waals surface area contributed by atoms with Crippen molar-refractivity contribution < 1.29 is 0 Å². The molecule has 0 saturated heterocycles. The van der Waals surface area contributed by atoms with E-state index in [2.05, 4.69) is 17.9 Å². The van der Waals surface area contributed by atoms with Gasteiger partial charge in [0.2, 0.25) is 0 Å². The molecule has 0 amide bonds. The maximum Gasteiger partial charge on any atom is 0.0333 e. The van der Waals surface area contributed by atoms with Crippen LogP contribution in [0.2, 0.25) is 0 Å². The molecule has 10 heavy (non-hydrogen) atoms. The van der Waals surface area contributed by atoms with E-state index in [1.54, 1.807) is 18.2 Å². The van der Waals surface area contributed by atoms with Crippen molar-refractivity contribution in [3.63, 3.8) is 0 Å². The highest BCUT2D eigenvalue weighted by Crippen LogP contribution is 2.00. The standard InChI is InChI=1S/C10H5/c1-3-9-6-5-7-10(4-2)8-9/h1-2,5-6,8H. The van der Waals surface area contributed by atoms with Crippen LogP contribution in [-0.4, -0.2) is 0 Å². The van der Waals surface area contributed by atoms with Crippen molar-refractivity contribution in [2.45, 2.75) is 0 Å². The molecule has 1 radical (unpaired) electrons. The van der Waals surface area contributed by atoms with Crippen LogP contribution >= 0.6 is 0 Å². The van der Waals surface area contributed by atoms with E-state index in [1.807, 2.05) is 0 Å². The molecule has 0 aromatic heterocycles. The first kappa shape index (κ1) is 6.46. The zero-order valence-corrected chi connectivity index (χ0v) is 5.39. The second-order valence-corrected chi connectivity index (χ2v) is 1.78. The number of hydrogen-bond acceptors (Lipinski definition) is 0. The summed E-state index contributed by atoms with van der Waals surface area (Å²) in [5.74, 6) is 4.94. The van der Waals surface area contributed by atoms with Gasteiger partial charge in [-0.2, -0.15) is 0 Å². The van der Waals surface area contributed by atoms with Crippen LogP contribution in [0.25, 0.3) is 0 Å². The molecule has 1 aromatic carbocycles. The van der Waals surface area contributed by atoms with Crippen molar-refractivity contribution in [2.24, 2.45) is 0 Å². The van der Waals surface area contributed by atoms with E-state index in [0.29, 0.717) is 5.56 Å². The first-order valence-corrected chi connectivity index (χ1v) is 2.82. The van der Waals surface area contributed by atoms with Crippen LogP contribution in [0.15, 0.2) is 18.2 Å². The minimum Gasteiger partial charge on any atom is -0.115 e. The molecule has 0 aliphatic heterocycles. The molecular formula is C10H5. The van der Waals surface area contributed by atoms with Crippen LogP contribution in [0, 0.1) is 30.8 Å². The van der Waals surface area contributed by atoms with Crippen molar-refractivity contribution in [1.29, 1.82) is 0 Å². The summed E-state index contributed by atoms with van der Waals surface area (Å²) < 4.78 is 0. The van der Waals surface area contributed by atoms with Gasteiger partial charge in [0.05, 0.1) is 0 Å². The monoisotopic (exact) mass is 125 g/mol. The molecule has 0 heterocycles. The van der Waals surface area contributed by atoms with E-state index in [-0.39, 0.29) is 0 Å². The molecule has 45 valence electrons. The van der Waals surface area contributed by atoms with E-state index < -0.39 is 0 Å². The largest absolute Gasteiger partial charge is 0.115 e. The molecule has 0 aliphatic carbocycles. The van der Waals surface area contributed by atoms with Crippen LogP contribution in [0.5, 0.6) is 0 Å². The Labute approximate surface area is 60.9 Å². The summed E-state index contributed by atoms with van der Waals surface area (Å²) in [7, 11) is 0. The van der Waals surface area contributed by atoms with Gasteiger partial charge in [0.15, 0.2) is 0 Å². The summed E-state index contributed by atoms with van der Waals surface area (Å²) in [6, 6.07) is 8.13. The third kappa shape index (κ3) is 1.19. The van der Waals surface area contributed by atoms with Gasteiger partial charge >= 0.3 is 0 Å². The lowest BCUT2D eigenvalue weighted by Crippen LogP contribution is -1.76. The van der Waals surface area contributed by atoms with Crippen LogP contribution in [-0.2, 0) is 0 Å². The molecule has 0 spiro atoms. The van der Waals surface area contributed by atoms with Crippen LogP contribution < -0.4 is 0 Å². The summed E-state index contributed by atoms with van der Waals surface area (Å²) in [6.07, 6.45) is 10.3. The molecule has 0 unspecified atom stereocenters. The lowest BCUT2D eigenvalue weighted by atomic mass is 10.1. The van der Waals surface area contributed by atoms with Gasteiger partial charge in [0.25, 0.3) is 0 Å². The molecule has 0 fully saturated rings. The maximum atomic E-state index is 5.14. The van der Waals surface area contributed by atoms with E-state index in [1.165, 1.54) is 0 Å². The quantitative estimate of drug-likeness (QED) is 0.460. The Hall–Kier alpha value is -1.66. The Morgan fingerprint density at radius 3 is 2.70 bits per heavy atom. The number of terminal acetylenes is 2. The minimum atomic E-state index is 0.704. The zero-order valence-electron chi connectivity index (χ0n) is 5.39. The van der Waals surface area contributed by atoms with Crippen molar-refractivity contribution in [1.82, 2.24) is 0 Å². The Morgan fingerprint density at radius 2 is 2.10 bits per heavy atom. The van der Waals surface area contributed by atoms with Gasteiger partial charge in [0, 0.05) is 11.1 Å². The fraction of sp³-hybridized carbons (Fsp3) is 0. The van der Waals surface area contributed by atoms with E-state index >= 15 is 0 Å². The molecule has 1 rings (SSSR count). The van der Waals surface area contributed by atoms with Gasteiger partial charge in [-0.15, -0.1) is 12.8 Å². The van der Waals surface area contributed by atoms with Crippen molar-refractivity contribution in [2.75, 3.05) is 0 Å². The average Bonchev–Trinajstić information content (AvgIpc) is 2.05. The predicted octanol–water partition coefficient (Wildman–Crippen LogP) is 1.45. The third-order valence-electron chi connectivity index (χ3n) is 1.12. The van der Waals surface area contributed by atoms with Crippen LogP contribution in [0.1, 0.15) is 11.1 Å². The van der Waals surface area contributed by atoms with Gasteiger partial charge < -0.3 is 0 Å². The second kappa shape index (κ2) is 2.76. The van der Waals surface area contributed by atoms with Gasteiger partial charge in [-0.05, 0) is 18.2 Å². The van der Waals surface area contributed by atoms with Crippen molar-refractivity contribution >= 4 is 0 Å². The highest BCUT2D eigenvalue weighted by molar-refractivity contribution is 5.40. The number of benzene rings is 1. The fourth-order valence-electron chi connectivity index (χ4n) is 0.640. The van der Waals surface area contributed by atoms with Gasteiger partial charge in [-0.1, -0.05) is 17.9 Å². The average molecular weight is 125 g/mol. The SMILES string of the molecule is C#Cc1[c]ccc(C#C)c1. The molecular weight excluding hydrogens is 120 g/mol. The highest BCUT2D eigenvalue weighted by Gasteiger charge is 1.87. The van der Waals surface area contributed by atoms with Gasteiger partial charge in [-0.25, -0.2) is 0 Å². The zero-order chi connectivity index (χ0) is 7.40. The molecule has 0 saturated carbocycles. The predicted molar refractivity (Wildman–Crippen MR) is 41.1 cm³/mol. The summed E-state index contributed by atoms with van der Waals surface area (Å²) in [5.41, 5.74) is 1.50. The van der Waals surface area contributed by atoms with Gasteiger partial charge in [-0.3, -0.25) is 0 Å². The fourth-order valence-corrected chi connectivity index (χ4v) is 0.640. The maximum absolute atomic E-state index is 5.14. The molecule has 0 N–H and O–H groups in total. The van der Waals surface area contributed by atoms with Crippen molar-refractivity contribution in [3.8, 4) is 24.7 Å². The molecule has 0 heteroatoms. The molecule has 0 bridgehead atoms. The molecule has 1 aromatic rings. The lowest BCUT2D eigenvalue weighted by Gasteiger charge is -1.89. The minimum absolute atomic E-state index is 0.704. The Bertz CT molecular complexity index is 278. The normalized spacial score (nSPS) is 7.80. The first-order valence-electron chi connectivity index (χ1n) is 2.82. The van der Waals surface area contributed by atoms with Gasteiger partial charge in [0.1, 0.15) is 0 Å². The van der Waals surface area contributed by atoms with E-state index in [0.717, 1.165) is 5.56 Å². The topological polar surface area (TPSA) is 0 Å². The second-order valence-electron chi connectivity index (χ2n) is 1.78. The Kier molecular flexibility index (Phi) is 1.78. The summed E-state index contributed by atoms with van der Waals surface area (Å²) in [5, 5.41) is 0. The van der Waals surface area contributed by atoms with Crippen molar-refractivity contribution in [3.05, 3.63) is 35.4 Å². The molecule has 0 nitrogen and oxygen atoms in total. The number of rotatable bonds is 0. The van der Waals surface area contributed by atoms with E-state index in [9.17, 15) is 0 Å². The highest BCUT2D eigenvalue weighted by atomic mass is 13.9. The molecule has 0 aliphatic rings. The Balaban J connectivity index is 3.17. The first-order chi connectivity index (χ1) is 4.86. The lowest BCUT2D eigenvalue weighted by molar-refractivity contribution is 1.59. The summed E-state index contributed by atoms with van der Waals surface area (Å²) in [6.45, 7) is 0. The number of hydrogen-bond donors (Lipinski definition) is 0. The summed E-state index contributed by atoms with van der Waals surface area (Å²) in [4.78, 5) is 0. The van der Waals surface area contributed by atoms with Crippen LogP contribution in [0.3, 0.4) is 0 Å². The third-order valence-corrected chi connectivity index (χ3v) is 1.12. The smallest absolute Gasteiger partial charge is 0.0333 e.